The van der Waals surface area contributed by atoms with E-state index in [2.05, 4.69) is 49.7 Å². The summed E-state index contributed by atoms with van der Waals surface area (Å²) in [4.78, 5) is 43.8. The van der Waals surface area contributed by atoms with Crippen molar-refractivity contribution in [2.75, 3.05) is 0 Å². The van der Waals surface area contributed by atoms with E-state index >= 15 is 0 Å². The molecule has 0 saturated heterocycles. The van der Waals surface area contributed by atoms with Gasteiger partial charge in [-0.25, -0.2) is 0 Å². The molecule has 0 aliphatic heterocycles. The summed E-state index contributed by atoms with van der Waals surface area (Å²) in [5.74, 6) is -1.75. The Morgan fingerprint density at radius 1 is 0.667 bits per heavy atom. The first-order chi connectivity index (χ1) is 8.93. The van der Waals surface area contributed by atoms with E-state index in [1.54, 1.807) is 0 Å². The Morgan fingerprint density at radius 3 is 0.810 bits per heavy atom. The Kier molecular flexibility index (Phi) is 14.7. The number of carbonyl (C=O) groups is 4. The molecule has 6 nitrogen and oxygen atoms in total. The molecule has 0 aromatic rings. The van der Waals surface area contributed by atoms with Gasteiger partial charge in [0.25, 0.3) is 0 Å². The van der Waals surface area contributed by atoms with Gasteiger partial charge in [-0.05, 0) is 8.64 Å². The van der Waals surface area contributed by atoms with Gasteiger partial charge in [0.2, 0.25) is 23.6 Å². The summed E-state index contributed by atoms with van der Waals surface area (Å²) in [6, 6.07) is 0. The van der Waals surface area contributed by atoms with Crippen LogP contribution < -0.4 is 0 Å². The summed E-state index contributed by atoms with van der Waals surface area (Å²) in [5.41, 5.74) is 0. The SMILES string of the molecule is CC(=O)N(C(C)=O)C(=S)[S-].CC(=O)N(C(C)=O)C(=S)[S-].[Zn+2]. The molecule has 0 atom stereocenters. The third kappa shape index (κ3) is 10.8. The van der Waals surface area contributed by atoms with Crippen molar-refractivity contribution in [2.45, 2.75) is 27.7 Å². The Bertz CT molecular complexity index is 361. The summed E-state index contributed by atoms with van der Waals surface area (Å²) in [7, 11) is 0. The van der Waals surface area contributed by atoms with E-state index in [0.29, 0.717) is 0 Å². The van der Waals surface area contributed by atoms with E-state index in [0.717, 1.165) is 9.80 Å². The second-order valence-corrected chi connectivity index (χ2v) is 5.34. The van der Waals surface area contributed by atoms with Crippen LogP contribution in [-0.4, -0.2) is 42.1 Å². The molecule has 0 heterocycles. The molecule has 0 spiro atoms. The number of carbonyl (C=O) groups excluding carboxylic acids is 4. The number of imide groups is 2. The molecule has 0 saturated carbocycles. The van der Waals surface area contributed by atoms with Crippen molar-refractivity contribution < 1.29 is 38.7 Å². The minimum atomic E-state index is -0.437. The van der Waals surface area contributed by atoms with E-state index < -0.39 is 23.6 Å². The molecule has 0 radical (unpaired) electrons. The second-order valence-electron chi connectivity index (χ2n) is 3.28. The minimum Gasteiger partial charge on any atom is -0.410 e. The van der Waals surface area contributed by atoms with E-state index in [1.165, 1.54) is 27.7 Å². The summed E-state index contributed by atoms with van der Waals surface area (Å²) in [6.07, 6.45) is 0. The Balaban J connectivity index is -0.000000295. The number of hydrogen-bond donors (Lipinski definition) is 0. The molecular weight excluding hydrogens is 406 g/mol. The van der Waals surface area contributed by atoms with Crippen LogP contribution >= 0.6 is 24.4 Å². The molecule has 0 bridgehead atoms. The number of thiocarbonyl (C=S) groups is 2. The van der Waals surface area contributed by atoms with Gasteiger partial charge in [-0.3, -0.25) is 29.0 Å². The molecule has 4 amide bonds. The van der Waals surface area contributed by atoms with Gasteiger partial charge in [-0.2, -0.15) is 0 Å². The first kappa shape index (κ1) is 25.5. The maximum atomic E-state index is 10.6. The normalized spacial score (nSPS) is 8.19. The molecule has 21 heavy (non-hydrogen) atoms. The predicted octanol–water partition coefficient (Wildman–Crippen LogP) is 0.424. The van der Waals surface area contributed by atoms with Crippen LogP contribution in [0.15, 0.2) is 0 Å². The Hall–Kier alpha value is -0.477. The molecule has 0 aliphatic carbocycles. The fourth-order valence-electron chi connectivity index (χ4n) is 0.958. The zero-order chi connectivity index (χ0) is 16.6. The minimum absolute atomic E-state index is 0. The third-order valence-corrected chi connectivity index (χ3v) is 2.36. The van der Waals surface area contributed by atoms with Gasteiger partial charge in [0.1, 0.15) is 0 Å². The number of rotatable bonds is 0. The smallest absolute Gasteiger partial charge is 0.410 e. The number of hydrogen-bond acceptors (Lipinski definition) is 8. The van der Waals surface area contributed by atoms with Crippen molar-refractivity contribution in [1.29, 1.82) is 0 Å². The molecular formula is C10H12N2O4S4Zn. The summed E-state index contributed by atoms with van der Waals surface area (Å²) >= 11 is 17.9. The number of amides is 4. The van der Waals surface area contributed by atoms with Crippen molar-refractivity contribution in [3.05, 3.63) is 0 Å². The molecule has 0 rings (SSSR count). The van der Waals surface area contributed by atoms with Crippen LogP contribution in [0.2, 0.25) is 0 Å². The van der Waals surface area contributed by atoms with E-state index in [4.69, 9.17) is 0 Å². The average molecular weight is 418 g/mol. The van der Waals surface area contributed by atoms with Crippen molar-refractivity contribution in [1.82, 2.24) is 9.80 Å². The number of nitrogens with zero attached hydrogens (tertiary/aromatic N) is 2. The van der Waals surface area contributed by atoms with Crippen LogP contribution in [0.1, 0.15) is 27.7 Å². The monoisotopic (exact) mass is 416 g/mol. The van der Waals surface area contributed by atoms with Gasteiger partial charge in [0.15, 0.2) is 0 Å². The van der Waals surface area contributed by atoms with Gasteiger partial charge in [-0.1, -0.05) is 0 Å². The van der Waals surface area contributed by atoms with Gasteiger partial charge in [0, 0.05) is 27.7 Å². The Labute approximate surface area is 157 Å². The molecule has 0 unspecified atom stereocenters. The first-order valence-electron chi connectivity index (χ1n) is 4.97. The molecule has 0 N–H and O–H groups in total. The second kappa shape index (κ2) is 12.1. The Morgan fingerprint density at radius 2 is 0.810 bits per heavy atom. The first-order valence-corrected chi connectivity index (χ1v) is 6.61. The van der Waals surface area contributed by atoms with Crippen LogP contribution in [0.5, 0.6) is 0 Å². The van der Waals surface area contributed by atoms with Crippen molar-refractivity contribution in [2.24, 2.45) is 0 Å². The molecule has 0 fully saturated rings. The quantitative estimate of drug-likeness (QED) is 0.319. The van der Waals surface area contributed by atoms with E-state index in [9.17, 15) is 19.2 Å². The molecule has 0 aliphatic rings. The van der Waals surface area contributed by atoms with Gasteiger partial charge in [0.05, 0.1) is 0 Å². The van der Waals surface area contributed by atoms with Crippen molar-refractivity contribution in [3.63, 3.8) is 0 Å². The van der Waals surface area contributed by atoms with Crippen LogP contribution in [0.3, 0.4) is 0 Å². The van der Waals surface area contributed by atoms with E-state index in [1.807, 2.05) is 0 Å². The van der Waals surface area contributed by atoms with Crippen LogP contribution in [0.25, 0.3) is 0 Å². The fraction of sp³-hybridized carbons (Fsp3) is 0.400. The zero-order valence-electron chi connectivity index (χ0n) is 11.9. The van der Waals surface area contributed by atoms with Crippen LogP contribution in [0.4, 0.5) is 0 Å². The molecule has 112 valence electrons. The standard InChI is InChI=1S/2C5H7NO2S2.Zn/c2*1-3(7)6(4(2)8)5(9)10;/h2*1-2H3,(H,9,10);/q;;+2/p-2. The average Bonchev–Trinajstić information content (AvgIpc) is 2.12. The summed E-state index contributed by atoms with van der Waals surface area (Å²) in [5, 5.41) is 0. The van der Waals surface area contributed by atoms with Crippen LogP contribution in [0, 0.1) is 0 Å². The van der Waals surface area contributed by atoms with Gasteiger partial charge < -0.3 is 49.7 Å². The maximum absolute atomic E-state index is 10.6. The summed E-state index contributed by atoms with van der Waals surface area (Å²) in [6.45, 7) is 4.94. The van der Waals surface area contributed by atoms with Crippen LogP contribution in [-0.2, 0) is 63.9 Å². The van der Waals surface area contributed by atoms with Gasteiger partial charge >= 0.3 is 19.5 Å². The van der Waals surface area contributed by atoms with E-state index in [-0.39, 0.29) is 28.1 Å². The summed E-state index contributed by atoms with van der Waals surface area (Å²) < 4.78 is -0.250. The predicted molar refractivity (Wildman–Crippen MR) is 86.3 cm³/mol. The molecule has 11 heteroatoms. The molecule has 0 aromatic carbocycles. The maximum Gasteiger partial charge on any atom is 2.00 e. The third-order valence-electron chi connectivity index (χ3n) is 1.62. The zero-order valence-corrected chi connectivity index (χ0v) is 18.1. The van der Waals surface area contributed by atoms with Crippen molar-refractivity contribution >= 4 is 82.0 Å². The topological polar surface area (TPSA) is 74.8 Å². The molecule has 0 aromatic heterocycles. The fourth-order valence-corrected chi connectivity index (χ4v) is 1.99. The largest absolute Gasteiger partial charge is 2.00 e. The van der Waals surface area contributed by atoms with Crippen molar-refractivity contribution in [3.8, 4) is 0 Å². The van der Waals surface area contributed by atoms with Gasteiger partial charge in [-0.15, -0.1) is 0 Å².